The lowest BCUT2D eigenvalue weighted by Crippen LogP contribution is -2.33. The predicted octanol–water partition coefficient (Wildman–Crippen LogP) is 2.59. The Labute approximate surface area is 172 Å². The summed E-state index contributed by atoms with van der Waals surface area (Å²) in [6, 6.07) is 14.5. The largest absolute Gasteiger partial charge is 0.465 e. The Morgan fingerprint density at radius 1 is 1.17 bits per heavy atom. The van der Waals surface area contributed by atoms with E-state index < -0.39 is 5.97 Å². The van der Waals surface area contributed by atoms with Crippen LogP contribution in [0.25, 0.3) is 10.9 Å². The highest BCUT2D eigenvalue weighted by molar-refractivity contribution is 7.71. The molecule has 0 radical (unpaired) electrons. The number of carbonyl (C=O) groups is 2. The Morgan fingerprint density at radius 2 is 1.93 bits per heavy atom. The molecule has 0 aliphatic heterocycles. The van der Waals surface area contributed by atoms with E-state index in [0.29, 0.717) is 23.0 Å². The molecule has 1 aromatic heterocycles. The molecular formula is C21H21N3O4S. The fraction of sp³-hybridized carbons (Fsp3) is 0.238. The van der Waals surface area contributed by atoms with Crippen molar-refractivity contribution in [2.45, 2.75) is 19.4 Å². The van der Waals surface area contributed by atoms with E-state index in [1.54, 1.807) is 0 Å². The van der Waals surface area contributed by atoms with E-state index in [1.165, 1.54) is 35.4 Å². The number of carbonyl (C=O) groups excluding carboxylic acids is 2. The maximum Gasteiger partial charge on any atom is 0.337 e. The van der Waals surface area contributed by atoms with Crippen molar-refractivity contribution in [3.05, 3.63) is 74.8 Å². The van der Waals surface area contributed by atoms with Gasteiger partial charge < -0.3 is 15.0 Å². The summed E-state index contributed by atoms with van der Waals surface area (Å²) in [6.07, 6.45) is 1.66. The summed E-state index contributed by atoms with van der Waals surface area (Å²) in [6.45, 7) is 0.337. The number of hydrogen-bond acceptors (Lipinski definition) is 5. The monoisotopic (exact) mass is 411 g/mol. The van der Waals surface area contributed by atoms with Crippen LogP contribution in [-0.2, 0) is 22.5 Å². The maximum absolute atomic E-state index is 12.7. The number of amides is 1. The number of nitrogens with zero attached hydrogens (tertiary/aromatic N) is 1. The number of fused-ring (bicyclic) bond motifs is 1. The maximum atomic E-state index is 12.7. The minimum Gasteiger partial charge on any atom is -0.465 e. The van der Waals surface area contributed by atoms with Crippen LogP contribution in [0.4, 0.5) is 0 Å². The second kappa shape index (κ2) is 9.29. The topological polar surface area (TPSA) is 93.2 Å². The van der Waals surface area contributed by atoms with Crippen LogP contribution in [0.2, 0.25) is 0 Å². The molecule has 8 heteroatoms. The highest BCUT2D eigenvalue weighted by atomic mass is 32.1. The van der Waals surface area contributed by atoms with Gasteiger partial charge in [-0.05, 0) is 48.8 Å². The van der Waals surface area contributed by atoms with Crippen LogP contribution in [-0.4, -0.2) is 35.1 Å². The summed E-state index contributed by atoms with van der Waals surface area (Å²) >= 11 is 5.23. The molecule has 7 nitrogen and oxygen atoms in total. The Morgan fingerprint density at radius 3 is 2.66 bits per heavy atom. The summed E-state index contributed by atoms with van der Waals surface area (Å²) in [4.78, 5) is 39.5. The molecule has 0 spiro atoms. The van der Waals surface area contributed by atoms with Crippen LogP contribution < -0.4 is 10.9 Å². The van der Waals surface area contributed by atoms with E-state index in [-0.39, 0.29) is 22.8 Å². The van der Waals surface area contributed by atoms with Crippen molar-refractivity contribution in [2.75, 3.05) is 13.7 Å². The number of esters is 1. The number of aromatic amines is 1. The second-order valence-electron chi connectivity index (χ2n) is 6.51. The van der Waals surface area contributed by atoms with E-state index in [2.05, 4.69) is 15.0 Å². The normalized spacial score (nSPS) is 10.7. The molecule has 0 bridgehead atoms. The van der Waals surface area contributed by atoms with Crippen LogP contribution in [0.3, 0.4) is 0 Å². The van der Waals surface area contributed by atoms with Crippen molar-refractivity contribution >= 4 is 35.0 Å². The van der Waals surface area contributed by atoms with Crippen molar-refractivity contribution in [1.82, 2.24) is 14.9 Å². The smallest absolute Gasteiger partial charge is 0.337 e. The van der Waals surface area contributed by atoms with Crippen LogP contribution in [0.5, 0.6) is 0 Å². The van der Waals surface area contributed by atoms with Gasteiger partial charge in [0, 0.05) is 6.54 Å². The first kappa shape index (κ1) is 20.5. The fourth-order valence-electron chi connectivity index (χ4n) is 3.01. The zero-order chi connectivity index (χ0) is 20.8. The fourth-order valence-corrected chi connectivity index (χ4v) is 3.26. The molecule has 0 aliphatic rings. The van der Waals surface area contributed by atoms with Gasteiger partial charge in [0.05, 0.1) is 23.6 Å². The molecule has 0 saturated carbocycles. The number of ether oxygens (including phenoxy) is 1. The molecule has 1 heterocycles. The van der Waals surface area contributed by atoms with Crippen LogP contribution in [0.1, 0.15) is 22.3 Å². The Kier molecular flexibility index (Phi) is 6.56. The lowest BCUT2D eigenvalue weighted by atomic mass is 10.1. The van der Waals surface area contributed by atoms with Gasteiger partial charge in [-0.1, -0.05) is 30.3 Å². The zero-order valence-electron chi connectivity index (χ0n) is 15.9. The van der Waals surface area contributed by atoms with E-state index in [4.69, 9.17) is 12.2 Å². The van der Waals surface area contributed by atoms with Gasteiger partial charge in [-0.3, -0.25) is 14.2 Å². The van der Waals surface area contributed by atoms with Crippen molar-refractivity contribution < 1.29 is 14.3 Å². The first-order valence-electron chi connectivity index (χ1n) is 9.15. The average Bonchev–Trinajstić information content (AvgIpc) is 2.74. The summed E-state index contributed by atoms with van der Waals surface area (Å²) in [5, 5.41) is 3.15. The lowest BCUT2D eigenvalue weighted by molar-refractivity contribution is -0.121. The molecule has 1 amide bonds. The summed E-state index contributed by atoms with van der Waals surface area (Å²) in [5.74, 6) is -0.796. The third kappa shape index (κ3) is 4.97. The molecule has 29 heavy (non-hydrogen) atoms. The van der Waals surface area contributed by atoms with E-state index in [1.807, 2.05) is 30.3 Å². The van der Waals surface area contributed by atoms with Gasteiger partial charge in [0.15, 0.2) is 4.77 Å². The van der Waals surface area contributed by atoms with Crippen molar-refractivity contribution in [3.8, 4) is 0 Å². The third-order valence-electron chi connectivity index (χ3n) is 4.51. The van der Waals surface area contributed by atoms with E-state index >= 15 is 0 Å². The average molecular weight is 411 g/mol. The SMILES string of the molecule is COC(=O)c1ccc2c(=O)n(CC(=O)NCCCc3ccccc3)c(=S)[nH]c2c1. The van der Waals surface area contributed by atoms with Gasteiger partial charge in [-0.15, -0.1) is 0 Å². The molecule has 0 fully saturated rings. The number of benzene rings is 2. The van der Waals surface area contributed by atoms with Crippen LogP contribution >= 0.6 is 12.2 Å². The van der Waals surface area contributed by atoms with E-state index in [9.17, 15) is 14.4 Å². The van der Waals surface area contributed by atoms with Crippen LogP contribution in [0, 0.1) is 4.77 Å². The summed E-state index contributed by atoms with van der Waals surface area (Å²) in [7, 11) is 1.28. The molecule has 3 aromatic rings. The Hall–Kier alpha value is -3.26. The molecule has 0 aliphatic carbocycles. The number of methoxy groups -OCH3 is 1. The molecule has 2 aromatic carbocycles. The second-order valence-corrected chi connectivity index (χ2v) is 6.90. The van der Waals surface area contributed by atoms with Gasteiger partial charge in [-0.25, -0.2) is 4.79 Å². The molecular weight excluding hydrogens is 390 g/mol. The highest BCUT2D eigenvalue weighted by Gasteiger charge is 2.12. The first-order valence-corrected chi connectivity index (χ1v) is 9.56. The summed E-state index contributed by atoms with van der Waals surface area (Å²) < 4.78 is 6.01. The Bertz CT molecular complexity index is 1150. The number of aromatic nitrogens is 2. The highest BCUT2D eigenvalue weighted by Crippen LogP contribution is 2.11. The standard InChI is InChI=1S/C21H21N3O4S/c1-28-20(27)15-9-10-16-17(12-15)23-21(29)24(19(16)26)13-18(25)22-11-5-8-14-6-3-2-4-7-14/h2-4,6-7,9-10,12H,5,8,11,13H2,1H3,(H,22,25)(H,23,29). The molecule has 150 valence electrons. The molecule has 0 saturated heterocycles. The number of hydrogen-bond donors (Lipinski definition) is 2. The quantitative estimate of drug-likeness (QED) is 0.354. The molecule has 3 rings (SSSR count). The molecule has 2 N–H and O–H groups in total. The first-order chi connectivity index (χ1) is 14.0. The zero-order valence-corrected chi connectivity index (χ0v) is 16.8. The number of H-pyrrole nitrogens is 1. The number of rotatable bonds is 7. The van der Waals surface area contributed by atoms with Gasteiger partial charge in [0.25, 0.3) is 5.56 Å². The van der Waals surface area contributed by atoms with Gasteiger partial charge >= 0.3 is 5.97 Å². The van der Waals surface area contributed by atoms with Gasteiger partial charge in [0.1, 0.15) is 6.54 Å². The molecule has 0 unspecified atom stereocenters. The van der Waals surface area contributed by atoms with Crippen molar-refractivity contribution in [3.63, 3.8) is 0 Å². The Balaban J connectivity index is 1.67. The minimum atomic E-state index is -0.509. The lowest BCUT2D eigenvalue weighted by Gasteiger charge is -2.10. The number of nitrogens with one attached hydrogen (secondary N) is 2. The minimum absolute atomic E-state index is 0.115. The van der Waals surface area contributed by atoms with Crippen molar-refractivity contribution in [1.29, 1.82) is 0 Å². The van der Waals surface area contributed by atoms with Gasteiger partial charge in [0.2, 0.25) is 5.91 Å². The third-order valence-corrected chi connectivity index (χ3v) is 4.83. The van der Waals surface area contributed by atoms with E-state index in [0.717, 1.165) is 12.8 Å². The van der Waals surface area contributed by atoms with Crippen LogP contribution in [0.15, 0.2) is 53.3 Å². The number of aryl methyl sites for hydroxylation is 1. The molecule has 0 atom stereocenters. The van der Waals surface area contributed by atoms with Gasteiger partial charge in [-0.2, -0.15) is 0 Å². The summed E-state index contributed by atoms with van der Waals surface area (Å²) in [5.41, 5.74) is 1.54. The van der Waals surface area contributed by atoms with Crippen molar-refractivity contribution in [2.24, 2.45) is 0 Å². The predicted molar refractivity (Wildman–Crippen MR) is 113 cm³/mol.